The number of hydrogen-bond donors (Lipinski definition) is 0. The number of carbonyl (C=O) groups excluding carboxylic acids is 1. The SMILES string of the molecule is CCn1c(C2CCCN2C(=O)c2cccc(OCc3ccccc3C#N)c2)nc2ccccc21. The molecule has 1 aromatic heterocycles. The Labute approximate surface area is 199 Å². The number of rotatable bonds is 6. The average Bonchev–Trinajstić information content (AvgIpc) is 3.51. The highest BCUT2D eigenvalue weighted by Gasteiger charge is 2.34. The maximum atomic E-state index is 13.6. The lowest BCUT2D eigenvalue weighted by molar-refractivity contribution is 0.0727. The van der Waals surface area contributed by atoms with Crippen molar-refractivity contribution in [3.05, 3.63) is 95.3 Å². The summed E-state index contributed by atoms with van der Waals surface area (Å²) in [6.45, 7) is 3.90. The van der Waals surface area contributed by atoms with Crippen molar-refractivity contribution >= 4 is 16.9 Å². The molecule has 1 atom stereocenters. The van der Waals surface area contributed by atoms with Gasteiger partial charge in [0, 0.05) is 24.2 Å². The van der Waals surface area contributed by atoms with Gasteiger partial charge in [-0.1, -0.05) is 36.4 Å². The average molecular weight is 451 g/mol. The van der Waals surface area contributed by atoms with Crippen LogP contribution in [0.3, 0.4) is 0 Å². The summed E-state index contributed by atoms with van der Waals surface area (Å²) in [5.74, 6) is 1.55. The van der Waals surface area contributed by atoms with Gasteiger partial charge in [0.05, 0.1) is 28.7 Å². The van der Waals surface area contributed by atoms with E-state index in [1.54, 1.807) is 12.1 Å². The molecule has 5 rings (SSSR count). The van der Waals surface area contributed by atoms with Gasteiger partial charge in [-0.05, 0) is 56.2 Å². The highest BCUT2D eigenvalue weighted by Crippen LogP contribution is 2.35. The fourth-order valence-electron chi connectivity index (χ4n) is 4.76. The predicted molar refractivity (Wildman–Crippen MR) is 130 cm³/mol. The predicted octanol–water partition coefficient (Wildman–Crippen LogP) is 5.48. The van der Waals surface area contributed by atoms with E-state index in [9.17, 15) is 10.1 Å². The van der Waals surface area contributed by atoms with Crippen LogP contribution >= 0.6 is 0 Å². The summed E-state index contributed by atoms with van der Waals surface area (Å²) in [6, 6.07) is 24.9. The first kappa shape index (κ1) is 21.7. The number of amides is 1. The first-order valence-electron chi connectivity index (χ1n) is 11.7. The van der Waals surface area contributed by atoms with Crippen LogP contribution < -0.4 is 4.74 Å². The number of aromatic nitrogens is 2. The van der Waals surface area contributed by atoms with Crippen molar-refractivity contribution in [1.82, 2.24) is 14.5 Å². The van der Waals surface area contributed by atoms with Crippen molar-refractivity contribution in [2.75, 3.05) is 6.54 Å². The Kier molecular flexibility index (Phi) is 6.01. The lowest BCUT2D eigenvalue weighted by Gasteiger charge is -2.25. The van der Waals surface area contributed by atoms with Crippen LogP contribution in [0.2, 0.25) is 0 Å². The van der Waals surface area contributed by atoms with Gasteiger partial charge in [0.2, 0.25) is 0 Å². The number of carbonyl (C=O) groups is 1. The minimum absolute atomic E-state index is 0.0138. The molecule has 6 nitrogen and oxygen atoms in total. The molecule has 0 bridgehead atoms. The fraction of sp³-hybridized carbons (Fsp3) is 0.250. The number of nitrogens with zero attached hydrogens (tertiary/aromatic N) is 4. The maximum absolute atomic E-state index is 13.6. The number of fused-ring (bicyclic) bond motifs is 1. The summed E-state index contributed by atoms with van der Waals surface area (Å²) in [5.41, 5.74) is 4.07. The second-order valence-electron chi connectivity index (χ2n) is 8.45. The second-order valence-corrected chi connectivity index (χ2v) is 8.45. The summed E-state index contributed by atoms with van der Waals surface area (Å²) in [7, 11) is 0. The largest absolute Gasteiger partial charge is 0.489 e. The van der Waals surface area contributed by atoms with Gasteiger partial charge in [0.25, 0.3) is 5.91 Å². The molecule has 1 aliphatic heterocycles. The second kappa shape index (κ2) is 9.40. The molecule has 6 heteroatoms. The zero-order valence-electron chi connectivity index (χ0n) is 19.1. The number of hydrogen-bond acceptors (Lipinski definition) is 4. The fourth-order valence-corrected chi connectivity index (χ4v) is 4.76. The highest BCUT2D eigenvalue weighted by molar-refractivity contribution is 5.95. The van der Waals surface area contributed by atoms with Crippen LogP contribution in [0.5, 0.6) is 5.75 Å². The standard InChI is InChI=1S/C28H26N4O2/c1-2-31-25-14-6-5-13-24(25)30-27(31)26-15-8-16-32(26)28(33)20-11-7-12-23(17-20)34-19-22-10-4-3-9-21(22)18-29/h3-7,9-14,17,26H,2,8,15-16,19H2,1H3. The van der Waals surface area contributed by atoms with Crippen molar-refractivity contribution in [3.63, 3.8) is 0 Å². The van der Waals surface area contributed by atoms with E-state index >= 15 is 0 Å². The van der Waals surface area contributed by atoms with Crippen molar-refractivity contribution in [2.24, 2.45) is 0 Å². The van der Waals surface area contributed by atoms with Crippen LogP contribution in [-0.4, -0.2) is 26.9 Å². The van der Waals surface area contributed by atoms with Gasteiger partial charge in [-0.3, -0.25) is 4.79 Å². The summed E-state index contributed by atoms with van der Waals surface area (Å²) in [5, 5.41) is 9.29. The van der Waals surface area contributed by atoms with Crippen LogP contribution in [-0.2, 0) is 13.2 Å². The first-order chi connectivity index (χ1) is 16.7. The van der Waals surface area contributed by atoms with E-state index in [1.165, 1.54) is 0 Å². The lowest BCUT2D eigenvalue weighted by atomic mass is 10.1. The number of nitriles is 1. The Morgan fingerprint density at radius 2 is 1.94 bits per heavy atom. The molecule has 0 radical (unpaired) electrons. The third kappa shape index (κ3) is 4.01. The third-order valence-corrected chi connectivity index (χ3v) is 6.43. The van der Waals surface area contributed by atoms with Crippen LogP contribution in [0.25, 0.3) is 11.0 Å². The summed E-state index contributed by atoms with van der Waals surface area (Å²) in [6.07, 6.45) is 1.85. The minimum atomic E-state index is -0.0491. The number of benzene rings is 3. The van der Waals surface area contributed by atoms with Gasteiger partial charge in [0.1, 0.15) is 18.2 Å². The van der Waals surface area contributed by atoms with E-state index in [2.05, 4.69) is 23.6 Å². The van der Waals surface area contributed by atoms with Crippen LogP contribution in [0.15, 0.2) is 72.8 Å². The quantitative estimate of drug-likeness (QED) is 0.390. The molecule has 4 aromatic rings. The van der Waals surface area contributed by atoms with Gasteiger partial charge in [0.15, 0.2) is 0 Å². The molecule has 3 aromatic carbocycles. The number of imidazole rings is 1. The number of aryl methyl sites for hydroxylation is 1. The topological polar surface area (TPSA) is 71.2 Å². The first-order valence-corrected chi connectivity index (χ1v) is 11.7. The normalized spacial score (nSPS) is 15.4. The Morgan fingerprint density at radius 1 is 1.12 bits per heavy atom. The zero-order chi connectivity index (χ0) is 23.5. The van der Waals surface area contributed by atoms with Gasteiger partial charge in [-0.25, -0.2) is 4.98 Å². The Balaban J connectivity index is 1.38. The number of ether oxygens (including phenoxy) is 1. The van der Waals surface area contributed by atoms with Gasteiger partial charge < -0.3 is 14.2 Å². The molecular weight excluding hydrogens is 424 g/mol. The van der Waals surface area contributed by atoms with E-state index in [0.29, 0.717) is 23.4 Å². The molecule has 1 fully saturated rings. The Hall–Kier alpha value is -4.11. The molecule has 0 aliphatic carbocycles. The Bertz CT molecular complexity index is 1380. The maximum Gasteiger partial charge on any atom is 0.254 e. The molecule has 1 saturated heterocycles. The highest BCUT2D eigenvalue weighted by atomic mass is 16.5. The van der Waals surface area contributed by atoms with Gasteiger partial charge in [-0.2, -0.15) is 5.26 Å². The number of para-hydroxylation sites is 2. The van der Waals surface area contributed by atoms with Crippen molar-refractivity contribution in [3.8, 4) is 11.8 Å². The lowest BCUT2D eigenvalue weighted by Crippen LogP contribution is -2.32. The summed E-state index contributed by atoms with van der Waals surface area (Å²) in [4.78, 5) is 20.4. The van der Waals surface area contributed by atoms with E-state index in [0.717, 1.165) is 41.8 Å². The van der Waals surface area contributed by atoms with Gasteiger partial charge >= 0.3 is 0 Å². The van der Waals surface area contributed by atoms with Crippen molar-refractivity contribution in [2.45, 2.75) is 39.0 Å². The molecule has 0 spiro atoms. The molecule has 34 heavy (non-hydrogen) atoms. The van der Waals surface area contributed by atoms with Gasteiger partial charge in [-0.15, -0.1) is 0 Å². The minimum Gasteiger partial charge on any atom is -0.489 e. The van der Waals surface area contributed by atoms with E-state index in [-0.39, 0.29) is 18.6 Å². The summed E-state index contributed by atoms with van der Waals surface area (Å²) < 4.78 is 8.16. The molecular formula is C28H26N4O2. The van der Waals surface area contributed by atoms with Crippen LogP contribution in [0.4, 0.5) is 0 Å². The molecule has 2 heterocycles. The molecule has 1 amide bonds. The molecule has 1 unspecified atom stereocenters. The smallest absolute Gasteiger partial charge is 0.254 e. The van der Waals surface area contributed by atoms with E-state index in [1.807, 2.05) is 59.5 Å². The molecule has 170 valence electrons. The van der Waals surface area contributed by atoms with Crippen molar-refractivity contribution < 1.29 is 9.53 Å². The van der Waals surface area contributed by atoms with E-state index in [4.69, 9.17) is 9.72 Å². The molecule has 1 aliphatic rings. The number of likely N-dealkylation sites (tertiary alicyclic amines) is 1. The monoisotopic (exact) mass is 450 g/mol. The van der Waals surface area contributed by atoms with Crippen LogP contribution in [0.1, 0.15) is 53.1 Å². The molecule has 0 saturated carbocycles. The Morgan fingerprint density at radius 3 is 2.79 bits per heavy atom. The van der Waals surface area contributed by atoms with E-state index < -0.39 is 0 Å². The van der Waals surface area contributed by atoms with Crippen molar-refractivity contribution in [1.29, 1.82) is 5.26 Å². The van der Waals surface area contributed by atoms with Crippen LogP contribution in [0, 0.1) is 11.3 Å². The zero-order valence-corrected chi connectivity index (χ0v) is 19.1. The summed E-state index contributed by atoms with van der Waals surface area (Å²) >= 11 is 0. The molecule has 0 N–H and O–H groups in total. The third-order valence-electron chi connectivity index (χ3n) is 6.43.